The van der Waals surface area contributed by atoms with Crippen LogP contribution in [0.5, 0.6) is 0 Å². The lowest BCUT2D eigenvalue weighted by molar-refractivity contribution is 0.0783. The highest BCUT2D eigenvalue weighted by Crippen LogP contribution is 2.27. The van der Waals surface area contributed by atoms with Crippen LogP contribution in [-0.2, 0) is 4.74 Å². The number of hydrogen-bond acceptors (Lipinski definition) is 9. The minimum Gasteiger partial charge on any atom is -0.377 e. The number of nitrogens with one attached hydrogen (secondary N) is 2. The predicted molar refractivity (Wildman–Crippen MR) is 164 cm³/mol. The number of ether oxygens (including phenoxy) is 1. The van der Waals surface area contributed by atoms with E-state index in [0.29, 0.717) is 36.3 Å². The summed E-state index contributed by atoms with van der Waals surface area (Å²) in [4.78, 5) is 24.2. The first-order valence-corrected chi connectivity index (χ1v) is 14.4. The van der Waals surface area contributed by atoms with Gasteiger partial charge in [0.05, 0.1) is 19.3 Å². The van der Waals surface area contributed by atoms with Crippen molar-refractivity contribution >= 4 is 28.6 Å². The van der Waals surface area contributed by atoms with Crippen molar-refractivity contribution < 1.29 is 14.6 Å². The van der Waals surface area contributed by atoms with Crippen LogP contribution in [0.25, 0.3) is 16.9 Å². The molecule has 0 bridgehead atoms. The summed E-state index contributed by atoms with van der Waals surface area (Å²) in [6, 6.07) is 19.5. The first-order valence-electron chi connectivity index (χ1n) is 14.4. The van der Waals surface area contributed by atoms with Gasteiger partial charge in [-0.1, -0.05) is 0 Å². The van der Waals surface area contributed by atoms with Gasteiger partial charge in [-0.05, 0) is 88.1 Å². The van der Waals surface area contributed by atoms with Crippen LogP contribution in [0, 0.1) is 0 Å². The number of carbonyl (C=O) groups is 1. The standard InChI is InChI=1S/C31H38N8O3/c1-21-20-42-18-17-38(21)29-27-5-4-15-39(27)35-28(34-29)22-6-10-24(11-7-22)32-31(41)33-25-12-8-23(9-13-25)30(40)37-16-14-26(19-37)36(2)3/h4-13,15,21,26,31-33,41H,14,16-20H2,1-3H3/t21-,26-,31?/m1/s1. The number of likely N-dealkylation sites (N-methyl/N-ethyl adjacent to an activating group) is 1. The maximum absolute atomic E-state index is 12.9. The van der Waals surface area contributed by atoms with Gasteiger partial charge in [0.2, 0.25) is 6.35 Å². The van der Waals surface area contributed by atoms with Crippen LogP contribution in [-0.4, -0.2) is 101 Å². The molecule has 2 aromatic carbocycles. The zero-order valence-electron chi connectivity index (χ0n) is 24.3. The Morgan fingerprint density at radius 1 is 1.05 bits per heavy atom. The second kappa shape index (κ2) is 12.0. The highest BCUT2D eigenvalue weighted by Gasteiger charge is 2.28. The number of carbonyl (C=O) groups excluding carboxylic acids is 1. The van der Waals surface area contributed by atoms with Crippen molar-refractivity contribution in [3.63, 3.8) is 0 Å². The number of aliphatic hydroxyl groups excluding tert-OH is 1. The van der Waals surface area contributed by atoms with Gasteiger partial charge in [0.15, 0.2) is 11.6 Å². The van der Waals surface area contributed by atoms with Crippen LogP contribution >= 0.6 is 0 Å². The molecule has 42 heavy (non-hydrogen) atoms. The minimum atomic E-state index is -1.03. The van der Waals surface area contributed by atoms with Gasteiger partial charge in [0, 0.05) is 54.4 Å². The van der Waals surface area contributed by atoms with Crippen LogP contribution < -0.4 is 15.5 Å². The molecule has 2 fully saturated rings. The molecule has 3 N–H and O–H groups in total. The van der Waals surface area contributed by atoms with Gasteiger partial charge in [0.25, 0.3) is 5.91 Å². The number of amides is 1. The van der Waals surface area contributed by atoms with E-state index in [1.165, 1.54) is 0 Å². The second-order valence-corrected chi connectivity index (χ2v) is 11.2. The van der Waals surface area contributed by atoms with Crippen molar-refractivity contribution in [3.8, 4) is 11.4 Å². The van der Waals surface area contributed by atoms with Crippen molar-refractivity contribution in [2.75, 3.05) is 62.5 Å². The Balaban J connectivity index is 1.09. The molecular formula is C31H38N8O3. The molecular weight excluding hydrogens is 532 g/mol. The molecule has 0 radical (unpaired) electrons. The average Bonchev–Trinajstić information content (AvgIpc) is 3.68. The molecule has 3 atom stereocenters. The average molecular weight is 571 g/mol. The molecule has 220 valence electrons. The third-order valence-corrected chi connectivity index (χ3v) is 8.07. The van der Waals surface area contributed by atoms with Crippen molar-refractivity contribution in [2.45, 2.75) is 31.8 Å². The van der Waals surface area contributed by atoms with E-state index in [1.54, 1.807) is 12.1 Å². The Bertz CT molecular complexity index is 1520. The van der Waals surface area contributed by atoms with Crippen LogP contribution in [0.15, 0.2) is 66.9 Å². The highest BCUT2D eigenvalue weighted by atomic mass is 16.5. The van der Waals surface area contributed by atoms with Gasteiger partial charge < -0.3 is 35.2 Å². The summed E-state index contributed by atoms with van der Waals surface area (Å²) in [5.41, 5.74) is 3.92. The highest BCUT2D eigenvalue weighted by molar-refractivity contribution is 5.94. The van der Waals surface area contributed by atoms with E-state index in [-0.39, 0.29) is 11.9 Å². The maximum Gasteiger partial charge on any atom is 0.253 e. The minimum absolute atomic E-state index is 0.0381. The van der Waals surface area contributed by atoms with Crippen molar-refractivity contribution in [1.82, 2.24) is 24.4 Å². The smallest absolute Gasteiger partial charge is 0.253 e. The van der Waals surface area contributed by atoms with E-state index in [4.69, 9.17) is 14.8 Å². The number of aromatic nitrogens is 3. The molecule has 11 heteroatoms. The molecule has 11 nitrogen and oxygen atoms in total. The van der Waals surface area contributed by atoms with E-state index in [2.05, 4.69) is 27.4 Å². The molecule has 1 unspecified atom stereocenters. The number of hydrogen-bond donors (Lipinski definition) is 3. The van der Waals surface area contributed by atoms with E-state index in [9.17, 15) is 9.90 Å². The Hall–Kier alpha value is -4.19. The largest absolute Gasteiger partial charge is 0.377 e. The zero-order valence-corrected chi connectivity index (χ0v) is 24.3. The lowest BCUT2D eigenvalue weighted by Crippen LogP contribution is -2.44. The van der Waals surface area contributed by atoms with Gasteiger partial charge in [0.1, 0.15) is 5.52 Å². The van der Waals surface area contributed by atoms with Gasteiger partial charge in [-0.3, -0.25) is 4.79 Å². The topological polar surface area (TPSA) is 110 Å². The molecule has 2 saturated heterocycles. The lowest BCUT2D eigenvalue weighted by Gasteiger charge is -2.34. The van der Waals surface area contributed by atoms with Crippen LogP contribution in [0.4, 0.5) is 17.2 Å². The normalized spacial score (nSPS) is 19.8. The fourth-order valence-electron chi connectivity index (χ4n) is 5.60. The summed E-state index contributed by atoms with van der Waals surface area (Å²) in [6.07, 6.45) is 1.89. The Kier molecular flexibility index (Phi) is 7.96. The summed E-state index contributed by atoms with van der Waals surface area (Å²) in [7, 11) is 4.10. The zero-order chi connectivity index (χ0) is 29.2. The number of rotatable bonds is 8. The molecule has 4 heterocycles. The Labute approximate surface area is 245 Å². The molecule has 2 aliphatic rings. The number of benzene rings is 2. The molecule has 0 spiro atoms. The quantitative estimate of drug-likeness (QED) is 0.275. The molecule has 0 saturated carbocycles. The monoisotopic (exact) mass is 570 g/mol. The van der Waals surface area contributed by atoms with Crippen LogP contribution in [0.2, 0.25) is 0 Å². The lowest BCUT2D eigenvalue weighted by atomic mass is 10.2. The molecule has 0 aliphatic carbocycles. The SMILES string of the molecule is C[C@@H]1COCCN1c1nc(-c2ccc(NC(O)Nc3ccc(C(=O)N4CC[C@@H](N(C)C)C4)cc3)cc2)nn2cccc12. The van der Waals surface area contributed by atoms with Gasteiger partial charge in [-0.15, -0.1) is 5.10 Å². The first-order chi connectivity index (χ1) is 20.4. The number of morpholine rings is 1. The number of nitrogens with zero attached hydrogens (tertiary/aromatic N) is 6. The molecule has 2 aliphatic heterocycles. The number of likely N-dealkylation sites (tertiary alicyclic amines) is 1. The van der Waals surface area contributed by atoms with Crippen molar-refractivity contribution in [2.24, 2.45) is 0 Å². The molecule has 2 aromatic heterocycles. The summed E-state index contributed by atoms with van der Waals surface area (Å²) < 4.78 is 7.49. The van der Waals surface area contributed by atoms with Gasteiger partial charge in [-0.2, -0.15) is 0 Å². The van der Waals surface area contributed by atoms with Crippen LogP contribution in [0.3, 0.4) is 0 Å². The second-order valence-electron chi connectivity index (χ2n) is 11.2. The first kappa shape index (κ1) is 28.0. The third-order valence-electron chi connectivity index (χ3n) is 8.07. The summed E-state index contributed by atoms with van der Waals surface area (Å²) in [6.45, 7) is 5.77. The fraction of sp³-hybridized carbons (Fsp3) is 0.387. The van der Waals surface area contributed by atoms with E-state index in [0.717, 1.165) is 48.6 Å². The fourth-order valence-corrected chi connectivity index (χ4v) is 5.60. The third kappa shape index (κ3) is 5.89. The summed E-state index contributed by atoms with van der Waals surface area (Å²) in [5.74, 6) is 1.56. The number of aliphatic hydroxyl groups is 1. The molecule has 1 amide bonds. The van der Waals surface area contributed by atoms with E-state index >= 15 is 0 Å². The van der Waals surface area contributed by atoms with Crippen molar-refractivity contribution in [3.05, 3.63) is 72.4 Å². The summed E-state index contributed by atoms with van der Waals surface area (Å²) in [5, 5.41) is 21.4. The molecule has 6 rings (SSSR count). The van der Waals surface area contributed by atoms with Crippen molar-refractivity contribution in [1.29, 1.82) is 0 Å². The van der Waals surface area contributed by atoms with E-state index in [1.807, 2.05) is 78.2 Å². The Morgan fingerprint density at radius 3 is 2.43 bits per heavy atom. The summed E-state index contributed by atoms with van der Waals surface area (Å²) >= 11 is 0. The predicted octanol–water partition coefficient (Wildman–Crippen LogP) is 3.20. The van der Waals surface area contributed by atoms with Gasteiger partial charge in [-0.25, -0.2) is 9.50 Å². The van der Waals surface area contributed by atoms with E-state index < -0.39 is 6.35 Å². The maximum atomic E-state index is 12.9. The van der Waals surface area contributed by atoms with Gasteiger partial charge >= 0.3 is 0 Å². The van der Waals surface area contributed by atoms with Crippen LogP contribution in [0.1, 0.15) is 23.7 Å². The number of anilines is 3. The number of fused-ring (bicyclic) bond motifs is 1. The molecule has 4 aromatic rings. The Morgan fingerprint density at radius 2 is 1.76 bits per heavy atom.